The van der Waals surface area contributed by atoms with Crippen LogP contribution in [0.4, 0.5) is 0 Å². The molecule has 24 heavy (non-hydrogen) atoms. The molecule has 0 fully saturated rings. The number of methoxy groups -OCH3 is 1. The third-order valence-corrected chi connectivity index (χ3v) is 4.84. The molecule has 1 aliphatic carbocycles. The van der Waals surface area contributed by atoms with E-state index in [0.717, 1.165) is 12.8 Å². The number of hydrogen-bond donors (Lipinski definition) is 1. The fraction of sp³-hybridized carbons (Fsp3) is 0.381. The van der Waals surface area contributed by atoms with Gasteiger partial charge in [-0.25, -0.2) is 0 Å². The smallest absolute Gasteiger partial charge is 0.255 e. The summed E-state index contributed by atoms with van der Waals surface area (Å²) in [5.41, 5.74) is 4.69. The summed E-state index contributed by atoms with van der Waals surface area (Å²) in [5, 5.41) is 3.16. The van der Waals surface area contributed by atoms with Crippen LogP contribution in [0.2, 0.25) is 0 Å². The summed E-state index contributed by atoms with van der Waals surface area (Å²) >= 11 is 0. The van der Waals surface area contributed by atoms with Gasteiger partial charge in [-0.2, -0.15) is 0 Å². The highest BCUT2D eigenvalue weighted by molar-refractivity contribution is 5.97. The molecule has 2 aromatic rings. The minimum atomic E-state index is -0.0861. The van der Waals surface area contributed by atoms with E-state index in [2.05, 4.69) is 30.4 Å². The Morgan fingerprint density at radius 3 is 2.62 bits per heavy atom. The molecule has 1 amide bonds. The van der Waals surface area contributed by atoms with Crippen molar-refractivity contribution in [3.05, 3.63) is 64.7 Å². The number of benzene rings is 2. The summed E-state index contributed by atoms with van der Waals surface area (Å²) in [5.74, 6) is 0.521. The van der Waals surface area contributed by atoms with Crippen molar-refractivity contribution in [3.8, 4) is 5.75 Å². The van der Waals surface area contributed by atoms with E-state index in [9.17, 15) is 4.79 Å². The summed E-state index contributed by atoms with van der Waals surface area (Å²) < 4.78 is 5.30. The summed E-state index contributed by atoms with van der Waals surface area (Å²) in [7, 11) is 1.59. The van der Waals surface area contributed by atoms with Crippen molar-refractivity contribution in [1.82, 2.24) is 5.32 Å². The lowest BCUT2D eigenvalue weighted by Crippen LogP contribution is -2.28. The van der Waals surface area contributed by atoms with Gasteiger partial charge in [-0.15, -0.1) is 0 Å². The Morgan fingerprint density at radius 2 is 1.88 bits per heavy atom. The number of ether oxygens (including phenoxy) is 1. The Labute approximate surface area is 144 Å². The van der Waals surface area contributed by atoms with Crippen LogP contribution in [-0.2, 0) is 12.8 Å². The standard InChI is InChI=1S/C21H25NO2/c1-3-19(17-13-12-15-8-4-5-9-16(15)14-17)22-21(23)18-10-6-7-11-20(18)24-2/h6-7,10-14,19H,3-5,8-9H2,1-2H3,(H,22,23)/t19-/m0/s1. The first-order chi connectivity index (χ1) is 11.7. The van der Waals surface area contributed by atoms with Crippen LogP contribution in [0.25, 0.3) is 0 Å². The van der Waals surface area contributed by atoms with E-state index >= 15 is 0 Å². The van der Waals surface area contributed by atoms with E-state index in [1.165, 1.54) is 36.0 Å². The Bertz CT molecular complexity index is 724. The van der Waals surface area contributed by atoms with Gasteiger partial charge in [0, 0.05) is 0 Å². The molecule has 3 rings (SSSR count). The van der Waals surface area contributed by atoms with Gasteiger partial charge in [-0.1, -0.05) is 37.3 Å². The quantitative estimate of drug-likeness (QED) is 0.882. The predicted molar refractivity (Wildman–Crippen MR) is 96.6 cm³/mol. The zero-order chi connectivity index (χ0) is 16.9. The molecule has 0 bridgehead atoms. The van der Waals surface area contributed by atoms with Gasteiger partial charge < -0.3 is 10.1 Å². The van der Waals surface area contributed by atoms with E-state index in [4.69, 9.17) is 4.74 Å². The van der Waals surface area contributed by atoms with E-state index in [1.54, 1.807) is 13.2 Å². The average Bonchev–Trinajstić information content (AvgIpc) is 2.65. The molecule has 0 aromatic heterocycles. The topological polar surface area (TPSA) is 38.3 Å². The molecule has 3 heteroatoms. The van der Waals surface area contributed by atoms with Crippen molar-refractivity contribution < 1.29 is 9.53 Å². The number of carbonyl (C=O) groups excluding carboxylic acids is 1. The SMILES string of the molecule is CC[C@H](NC(=O)c1ccccc1OC)c1ccc2c(c1)CCCC2. The molecule has 1 aliphatic rings. The van der Waals surface area contributed by atoms with Crippen LogP contribution in [0, 0.1) is 0 Å². The van der Waals surface area contributed by atoms with Crippen molar-refractivity contribution in [2.24, 2.45) is 0 Å². The van der Waals surface area contributed by atoms with Gasteiger partial charge in [0.25, 0.3) is 5.91 Å². The molecule has 0 heterocycles. The lowest BCUT2D eigenvalue weighted by molar-refractivity contribution is 0.0932. The predicted octanol–water partition coefficient (Wildman–Crippen LogP) is 4.46. The van der Waals surface area contributed by atoms with Gasteiger partial charge in [-0.3, -0.25) is 4.79 Å². The van der Waals surface area contributed by atoms with Gasteiger partial charge >= 0.3 is 0 Å². The first-order valence-electron chi connectivity index (χ1n) is 8.78. The van der Waals surface area contributed by atoms with E-state index in [0.29, 0.717) is 11.3 Å². The van der Waals surface area contributed by atoms with Crippen LogP contribution < -0.4 is 10.1 Å². The highest BCUT2D eigenvalue weighted by atomic mass is 16.5. The number of nitrogens with one attached hydrogen (secondary N) is 1. The maximum Gasteiger partial charge on any atom is 0.255 e. The first kappa shape index (κ1) is 16.6. The molecule has 1 atom stereocenters. The van der Waals surface area contributed by atoms with Gasteiger partial charge in [-0.05, 0) is 60.9 Å². The molecule has 0 aliphatic heterocycles. The molecule has 2 aromatic carbocycles. The largest absolute Gasteiger partial charge is 0.496 e. The molecule has 3 nitrogen and oxygen atoms in total. The minimum absolute atomic E-state index is 0.0228. The second-order valence-electron chi connectivity index (χ2n) is 6.37. The van der Waals surface area contributed by atoms with E-state index in [-0.39, 0.29) is 11.9 Å². The van der Waals surface area contributed by atoms with Gasteiger partial charge in [0.2, 0.25) is 0 Å². The molecular formula is C21H25NO2. The van der Waals surface area contributed by atoms with Crippen molar-refractivity contribution in [2.75, 3.05) is 7.11 Å². The van der Waals surface area contributed by atoms with Crippen LogP contribution >= 0.6 is 0 Å². The summed E-state index contributed by atoms with van der Waals surface area (Å²) in [4.78, 5) is 12.7. The Morgan fingerprint density at radius 1 is 1.12 bits per heavy atom. The highest BCUT2D eigenvalue weighted by Gasteiger charge is 2.18. The normalized spacial score (nSPS) is 14.6. The van der Waals surface area contributed by atoms with Crippen LogP contribution in [0.3, 0.4) is 0 Å². The van der Waals surface area contributed by atoms with Crippen molar-refractivity contribution in [1.29, 1.82) is 0 Å². The molecule has 0 saturated carbocycles. The number of hydrogen-bond acceptors (Lipinski definition) is 2. The number of rotatable bonds is 5. The average molecular weight is 323 g/mol. The Kier molecular flexibility index (Phi) is 5.19. The van der Waals surface area contributed by atoms with Gasteiger partial charge in [0.1, 0.15) is 5.75 Å². The third-order valence-electron chi connectivity index (χ3n) is 4.84. The van der Waals surface area contributed by atoms with Crippen molar-refractivity contribution >= 4 is 5.91 Å². The van der Waals surface area contributed by atoms with Crippen molar-refractivity contribution in [3.63, 3.8) is 0 Å². The second-order valence-corrected chi connectivity index (χ2v) is 6.37. The molecule has 0 radical (unpaired) electrons. The zero-order valence-electron chi connectivity index (χ0n) is 14.5. The zero-order valence-corrected chi connectivity index (χ0v) is 14.5. The summed E-state index contributed by atoms with van der Waals surface area (Å²) in [6.07, 6.45) is 5.74. The molecule has 0 spiro atoms. The van der Waals surface area contributed by atoms with Crippen LogP contribution in [-0.4, -0.2) is 13.0 Å². The van der Waals surface area contributed by atoms with Gasteiger partial charge in [0.05, 0.1) is 18.7 Å². The number of para-hydroxylation sites is 1. The monoisotopic (exact) mass is 323 g/mol. The fourth-order valence-corrected chi connectivity index (χ4v) is 3.46. The van der Waals surface area contributed by atoms with Gasteiger partial charge in [0.15, 0.2) is 0 Å². The van der Waals surface area contributed by atoms with E-state index in [1.807, 2.05) is 18.2 Å². The van der Waals surface area contributed by atoms with Crippen LogP contribution in [0.15, 0.2) is 42.5 Å². The third kappa shape index (κ3) is 3.45. The molecule has 0 unspecified atom stereocenters. The fourth-order valence-electron chi connectivity index (χ4n) is 3.46. The van der Waals surface area contributed by atoms with Crippen LogP contribution in [0.5, 0.6) is 5.75 Å². The number of carbonyl (C=O) groups is 1. The lowest BCUT2D eigenvalue weighted by Gasteiger charge is -2.22. The molecular weight excluding hydrogens is 298 g/mol. The maximum absolute atomic E-state index is 12.7. The number of aryl methyl sites for hydroxylation is 2. The lowest BCUT2D eigenvalue weighted by atomic mass is 9.88. The molecule has 0 saturated heterocycles. The van der Waals surface area contributed by atoms with E-state index < -0.39 is 0 Å². The molecule has 126 valence electrons. The number of fused-ring (bicyclic) bond motifs is 1. The molecule has 1 N–H and O–H groups in total. The maximum atomic E-state index is 12.7. The highest BCUT2D eigenvalue weighted by Crippen LogP contribution is 2.27. The minimum Gasteiger partial charge on any atom is -0.496 e. The van der Waals surface area contributed by atoms with Crippen LogP contribution in [0.1, 0.15) is 59.3 Å². The first-order valence-corrected chi connectivity index (χ1v) is 8.78. The summed E-state index contributed by atoms with van der Waals surface area (Å²) in [6, 6.07) is 14.1. The second kappa shape index (κ2) is 7.52. The van der Waals surface area contributed by atoms with Crippen molar-refractivity contribution in [2.45, 2.75) is 45.1 Å². The Balaban J connectivity index is 1.80. The number of amides is 1. The Hall–Kier alpha value is -2.29. The summed E-state index contributed by atoms with van der Waals surface area (Å²) in [6.45, 7) is 2.10.